The lowest BCUT2D eigenvalue weighted by Crippen LogP contribution is -2.13. The number of methoxy groups -OCH3 is 1. The second-order valence-corrected chi connectivity index (χ2v) is 5.06. The summed E-state index contributed by atoms with van der Waals surface area (Å²) in [6.07, 6.45) is 0. The summed E-state index contributed by atoms with van der Waals surface area (Å²) >= 11 is 6.24. The van der Waals surface area contributed by atoms with Crippen molar-refractivity contribution in [1.82, 2.24) is 0 Å². The number of alkyl halides is 1. The van der Waals surface area contributed by atoms with E-state index in [-0.39, 0.29) is 22.4 Å². The molecule has 15 heavy (non-hydrogen) atoms. The maximum atomic E-state index is 13.4. The molecule has 0 N–H and O–H groups in total. The van der Waals surface area contributed by atoms with Gasteiger partial charge in [0.1, 0.15) is 0 Å². The van der Waals surface area contributed by atoms with Gasteiger partial charge >= 0.3 is 0 Å². The van der Waals surface area contributed by atoms with Gasteiger partial charge in [0.15, 0.2) is 11.6 Å². The predicted molar refractivity (Wildman–Crippen MR) is 61.0 cm³/mol. The van der Waals surface area contributed by atoms with Crippen molar-refractivity contribution >= 4 is 11.6 Å². The molecule has 0 saturated carbocycles. The highest BCUT2D eigenvalue weighted by Gasteiger charge is 2.24. The molecule has 0 aliphatic carbocycles. The number of hydrogen-bond acceptors (Lipinski definition) is 1. The molecule has 0 bridgehead atoms. The van der Waals surface area contributed by atoms with E-state index in [9.17, 15) is 4.39 Å². The zero-order chi connectivity index (χ0) is 11.6. The average molecular weight is 231 g/mol. The number of ether oxygens (including phenoxy) is 1. The van der Waals surface area contributed by atoms with Gasteiger partial charge in [0, 0.05) is 0 Å². The third-order valence-corrected chi connectivity index (χ3v) is 3.14. The minimum Gasteiger partial charge on any atom is -0.494 e. The van der Waals surface area contributed by atoms with Crippen LogP contribution in [0.5, 0.6) is 5.75 Å². The first kappa shape index (κ1) is 12.3. The molecule has 0 aromatic heterocycles. The van der Waals surface area contributed by atoms with Gasteiger partial charge in [0.05, 0.1) is 12.5 Å². The highest BCUT2D eigenvalue weighted by atomic mass is 35.5. The molecule has 0 amide bonds. The molecule has 1 unspecified atom stereocenters. The first-order chi connectivity index (χ1) is 6.86. The molecule has 0 fully saturated rings. The summed E-state index contributed by atoms with van der Waals surface area (Å²) in [5, 5.41) is -0.210. The highest BCUT2D eigenvalue weighted by molar-refractivity contribution is 6.21. The Kier molecular flexibility index (Phi) is 3.61. The highest BCUT2D eigenvalue weighted by Crippen LogP contribution is 2.39. The standard InChI is InChI=1S/C12H16ClFO/c1-12(2,3)11(13)8-5-6-10(15-4)9(14)7-8/h5-7,11H,1-4H3. The van der Waals surface area contributed by atoms with Crippen molar-refractivity contribution in [3.63, 3.8) is 0 Å². The maximum absolute atomic E-state index is 13.4. The predicted octanol–water partition coefficient (Wildman–Crippen LogP) is 4.16. The van der Waals surface area contributed by atoms with Gasteiger partial charge in [-0.3, -0.25) is 0 Å². The minimum atomic E-state index is -0.370. The fraction of sp³-hybridized carbons (Fsp3) is 0.500. The van der Waals surface area contributed by atoms with E-state index in [1.54, 1.807) is 12.1 Å². The summed E-state index contributed by atoms with van der Waals surface area (Å²) in [7, 11) is 1.44. The summed E-state index contributed by atoms with van der Waals surface area (Å²) in [5.74, 6) is -0.124. The van der Waals surface area contributed by atoms with E-state index >= 15 is 0 Å². The number of halogens is 2. The smallest absolute Gasteiger partial charge is 0.165 e. The van der Waals surface area contributed by atoms with E-state index in [2.05, 4.69) is 0 Å². The fourth-order valence-corrected chi connectivity index (χ4v) is 1.48. The second kappa shape index (κ2) is 4.40. The Morgan fingerprint density at radius 2 is 1.93 bits per heavy atom. The molecule has 1 nitrogen and oxygen atoms in total. The Bertz CT molecular complexity index is 344. The van der Waals surface area contributed by atoms with Crippen LogP contribution in [0.4, 0.5) is 4.39 Å². The average Bonchev–Trinajstić information content (AvgIpc) is 2.15. The van der Waals surface area contributed by atoms with Crippen LogP contribution in [0.3, 0.4) is 0 Å². The molecule has 0 heterocycles. The number of rotatable bonds is 2. The molecule has 1 rings (SSSR count). The van der Waals surface area contributed by atoms with Crippen LogP contribution in [-0.2, 0) is 0 Å². The lowest BCUT2D eigenvalue weighted by Gasteiger charge is -2.25. The molecule has 0 radical (unpaired) electrons. The van der Waals surface area contributed by atoms with Crippen molar-refractivity contribution < 1.29 is 9.13 Å². The molecule has 0 saturated heterocycles. The Morgan fingerprint density at radius 1 is 1.33 bits per heavy atom. The van der Waals surface area contributed by atoms with Gasteiger partial charge in [-0.05, 0) is 23.1 Å². The van der Waals surface area contributed by atoms with E-state index < -0.39 is 0 Å². The van der Waals surface area contributed by atoms with Gasteiger partial charge in [-0.2, -0.15) is 0 Å². The Morgan fingerprint density at radius 3 is 2.33 bits per heavy atom. The normalized spacial score (nSPS) is 13.7. The van der Waals surface area contributed by atoms with Crippen molar-refractivity contribution in [2.45, 2.75) is 26.1 Å². The molecule has 1 atom stereocenters. The molecule has 0 spiro atoms. The van der Waals surface area contributed by atoms with Crippen LogP contribution >= 0.6 is 11.6 Å². The van der Waals surface area contributed by atoms with Crippen molar-refractivity contribution in [2.24, 2.45) is 5.41 Å². The summed E-state index contributed by atoms with van der Waals surface area (Å²) < 4.78 is 18.3. The zero-order valence-corrected chi connectivity index (χ0v) is 10.2. The maximum Gasteiger partial charge on any atom is 0.165 e. The van der Waals surface area contributed by atoms with E-state index in [4.69, 9.17) is 16.3 Å². The first-order valence-corrected chi connectivity index (χ1v) is 5.27. The van der Waals surface area contributed by atoms with Gasteiger partial charge in [0.25, 0.3) is 0 Å². The summed E-state index contributed by atoms with van der Waals surface area (Å²) in [5.41, 5.74) is 0.685. The lowest BCUT2D eigenvalue weighted by molar-refractivity contribution is 0.379. The monoisotopic (exact) mass is 230 g/mol. The van der Waals surface area contributed by atoms with E-state index in [0.717, 1.165) is 5.56 Å². The Hall–Kier alpha value is -0.760. The molecule has 1 aromatic rings. The number of benzene rings is 1. The summed E-state index contributed by atoms with van der Waals surface area (Å²) in [6, 6.07) is 4.83. The van der Waals surface area contributed by atoms with Gasteiger partial charge in [-0.25, -0.2) is 4.39 Å². The van der Waals surface area contributed by atoms with Crippen LogP contribution in [0.2, 0.25) is 0 Å². The summed E-state index contributed by atoms with van der Waals surface area (Å²) in [4.78, 5) is 0. The van der Waals surface area contributed by atoms with E-state index in [0.29, 0.717) is 0 Å². The van der Waals surface area contributed by atoms with Crippen LogP contribution < -0.4 is 4.74 Å². The van der Waals surface area contributed by atoms with Crippen molar-refractivity contribution in [3.05, 3.63) is 29.6 Å². The van der Waals surface area contributed by atoms with Gasteiger partial charge in [-0.15, -0.1) is 11.6 Å². The largest absolute Gasteiger partial charge is 0.494 e. The molecule has 0 aliphatic rings. The van der Waals surface area contributed by atoms with Crippen LogP contribution in [0, 0.1) is 11.2 Å². The van der Waals surface area contributed by atoms with Gasteiger partial charge < -0.3 is 4.74 Å². The minimum absolute atomic E-state index is 0.0947. The van der Waals surface area contributed by atoms with Crippen LogP contribution in [0.1, 0.15) is 31.7 Å². The Labute approximate surface area is 95.2 Å². The molecular formula is C12H16ClFO. The third-order valence-electron chi connectivity index (χ3n) is 2.23. The molecular weight excluding hydrogens is 215 g/mol. The van der Waals surface area contributed by atoms with Gasteiger partial charge in [-0.1, -0.05) is 26.8 Å². The fourth-order valence-electron chi connectivity index (χ4n) is 1.34. The SMILES string of the molecule is COc1ccc(C(Cl)C(C)(C)C)cc1F. The van der Waals surface area contributed by atoms with Crippen molar-refractivity contribution in [1.29, 1.82) is 0 Å². The van der Waals surface area contributed by atoms with Crippen molar-refractivity contribution in [3.8, 4) is 5.75 Å². The molecule has 1 aromatic carbocycles. The zero-order valence-electron chi connectivity index (χ0n) is 9.47. The lowest BCUT2D eigenvalue weighted by atomic mass is 9.87. The quantitative estimate of drug-likeness (QED) is 0.694. The third kappa shape index (κ3) is 2.85. The molecule has 84 valence electrons. The number of hydrogen-bond donors (Lipinski definition) is 0. The first-order valence-electron chi connectivity index (χ1n) is 4.83. The summed E-state index contributed by atoms with van der Waals surface area (Å²) in [6.45, 7) is 6.06. The topological polar surface area (TPSA) is 9.23 Å². The van der Waals surface area contributed by atoms with Crippen LogP contribution in [-0.4, -0.2) is 7.11 Å². The van der Waals surface area contributed by atoms with Crippen molar-refractivity contribution in [2.75, 3.05) is 7.11 Å². The Balaban J connectivity index is 3.02. The molecule has 0 aliphatic heterocycles. The molecule has 3 heteroatoms. The second-order valence-electron chi connectivity index (χ2n) is 4.62. The van der Waals surface area contributed by atoms with E-state index in [1.807, 2.05) is 20.8 Å². The van der Waals surface area contributed by atoms with E-state index in [1.165, 1.54) is 13.2 Å². The van der Waals surface area contributed by atoms with Crippen LogP contribution in [0.25, 0.3) is 0 Å². The van der Waals surface area contributed by atoms with Crippen LogP contribution in [0.15, 0.2) is 18.2 Å². The van der Waals surface area contributed by atoms with Gasteiger partial charge in [0.2, 0.25) is 0 Å².